The Morgan fingerprint density at radius 1 is 1.07 bits per heavy atom. The second kappa shape index (κ2) is 7.96. The monoisotopic (exact) mass is 437 g/mol. The summed E-state index contributed by atoms with van der Waals surface area (Å²) in [5.74, 6) is -0.804. The first-order chi connectivity index (χ1) is 12.9. The van der Waals surface area contributed by atoms with E-state index < -0.39 is 23.3 Å². The maximum atomic E-state index is 13.6. The molecule has 0 aliphatic rings. The van der Waals surface area contributed by atoms with E-state index in [9.17, 15) is 18.0 Å². The molecule has 0 unspecified atom stereocenters. The van der Waals surface area contributed by atoms with Crippen LogP contribution in [0.5, 0.6) is 0 Å². The molecule has 3 rings (SSSR count). The van der Waals surface area contributed by atoms with Gasteiger partial charge in [-0.2, -0.15) is 18.3 Å². The summed E-state index contributed by atoms with van der Waals surface area (Å²) in [6.45, 7) is 0.217. The third-order valence-corrected chi connectivity index (χ3v) is 4.42. The average Bonchev–Trinajstić information content (AvgIpc) is 3.10. The molecule has 0 spiro atoms. The number of carbonyl (C=O) groups excluding carboxylic acids is 1. The minimum atomic E-state index is -4.72. The van der Waals surface area contributed by atoms with Crippen LogP contribution in [0, 0.1) is 0 Å². The lowest BCUT2D eigenvalue weighted by Gasteiger charge is -2.13. The predicted octanol–water partition coefficient (Wildman–Crippen LogP) is 4.63. The van der Waals surface area contributed by atoms with Crippen LogP contribution in [0.15, 0.2) is 65.3 Å². The van der Waals surface area contributed by atoms with Crippen LogP contribution >= 0.6 is 15.9 Å². The number of halogens is 4. The Morgan fingerprint density at radius 3 is 2.37 bits per heavy atom. The molecule has 1 aromatic heterocycles. The lowest BCUT2D eigenvalue weighted by atomic mass is 10.1. The third kappa shape index (κ3) is 4.57. The number of nitrogens with zero attached hydrogens (tertiary/aromatic N) is 2. The van der Waals surface area contributed by atoms with Crippen LogP contribution in [-0.2, 0) is 12.6 Å². The first-order valence-corrected chi connectivity index (χ1v) is 8.89. The highest BCUT2D eigenvalue weighted by Crippen LogP contribution is 2.33. The molecule has 1 N–H and O–H groups in total. The number of rotatable bonds is 5. The van der Waals surface area contributed by atoms with E-state index in [1.165, 1.54) is 12.1 Å². The maximum Gasteiger partial charge on any atom is 0.434 e. The molecule has 0 saturated carbocycles. The largest absolute Gasteiger partial charge is 0.434 e. The summed E-state index contributed by atoms with van der Waals surface area (Å²) in [7, 11) is 0. The van der Waals surface area contributed by atoms with Crippen molar-refractivity contribution in [2.24, 2.45) is 0 Å². The minimum Gasteiger partial charge on any atom is -0.352 e. The van der Waals surface area contributed by atoms with Gasteiger partial charge in [-0.1, -0.05) is 46.3 Å². The normalized spacial score (nSPS) is 11.4. The Hall–Kier alpha value is -2.61. The molecular weight excluding hydrogens is 423 g/mol. The number of nitrogens with one attached hydrogen (secondary N) is 1. The fourth-order valence-electron chi connectivity index (χ4n) is 2.62. The van der Waals surface area contributed by atoms with Gasteiger partial charge in [0.1, 0.15) is 0 Å². The predicted molar refractivity (Wildman–Crippen MR) is 98.7 cm³/mol. The quantitative estimate of drug-likeness (QED) is 0.632. The summed E-state index contributed by atoms with van der Waals surface area (Å²) in [6, 6.07) is 15.4. The van der Waals surface area contributed by atoms with Gasteiger partial charge in [0.25, 0.3) is 5.91 Å². The van der Waals surface area contributed by atoms with E-state index in [0.717, 1.165) is 20.9 Å². The van der Waals surface area contributed by atoms with Gasteiger partial charge in [0.05, 0.1) is 17.4 Å². The number of alkyl halides is 3. The van der Waals surface area contributed by atoms with Crippen molar-refractivity contribution in [1.82, 2.24) is 15.1 Å². The standard InChI is InChI=1S/C19H15BrF3N3O/c20-14-8-6-13(7-9-14)10-11-24-18(27)16-12-25-26(17(16)19(21,22)23)15-4-2-1-3-5-15/h1-9,12H,10-11H2,(H,24,27). The summed E-state index contributed by atoms with van der Waals surface area (Å²) in [4.78, 5) is 12.3. The van der Waals surface area contributed by atoms with E-state index in [2.05, 4.69) is 26.3 Å². The van der Waals surface area contributed by atoms with Gasteiger partial charge in [-0.25, -0.2) is 4.68 Å². The number of hydrogen-bond donors (Lipinski definition) is 1. The molecule has 2 aromatic carbocycles. The molecule has 1 amide bonds. The highest BCUT2D eigenvalue weighted by molar-refractivity contribution is 9.10. The minimum absolute atomic E-state index is 0.217. The second-order valence-electron chi connectivity index (χ2n) is 5.78. The number of hydrogen-bond acceptors (Lipinski definition) is 2. The van der Waals surface area contributed by atoms with Gasteiger partial charge >= 0.3 is 6.18 Å². The molecular formula is C19H15BrF3N3O. The van der Waals surface area contributed by atoms with E-state index in [0.29, 0.717) is 6.42 Å². The van der Waals surface area contributed by atoms with E-state index in [-0.39, 0.29) is 12.2 Å². The first kappa shape index (κ1) is 19.2. The van der Waals surface area contributed by atoms with Crippen LogP contribution in [-0.4, -0.2) is 22.2 Å². The van der Waals surface area contributed by atoms with Crippen molar-refractivity contribution in [1.29, 1.82) is 0 Å². The van der Waals surface area contributed by atoms with E-state index in [1.807, 2.05) is 24.3 Å². The van der Waals surface area contributed by atoms with Crippen LogP contribution in [0.2, 0.25) is 0 Å². The molecule has 3 aromatic rings. The van der Waals surface area contributed by atoms with E-state index in [1.54, 1.807) is 18.2 Å². The van der Waals surface area contributed by atoms with Gasteiger partial charge < -0.3 is 5.32 Å². The van der Waals surface area contributed by atoms with Gasteiger partial charge in [-0.3, -0.25) is 4.79 Å². The van der Waals surface area contributed by atoms with Gasteiger partial charge in [-0.05, 0) is 36.2 Å². The van der Waals surface area contributed by atoms with Crippen molar-refractivity contribution in [3.8, 4) is 5.69 Å². The van der Waals surface area contributed by atoms with Crippen molar-refractivity contribution in [3.05, 3.63) is 82.1 Å². The molecule has 1 heterocycles. The fraction of sp³-hybridized carbons (Fsp3) is 0.158. The molecule has 0 radical (unpaired) electrons. The van der Waals surface area contributed by atoms with Crippen LogP contribution < -0.4 is 5.32 Å². The summed E-state index contributed by atoms with van der Waals surface area (Å²) in [5.41, 5.74) is -0.384. The Morgan fingerprint density at radius 2 is 1.74 bits per heavy atom. The number of benzene rings is 2. The van der Waals surface area contributed by atoms with Crippen LogP contribution in [0.4, 0.5) is 13.2 Å². The zero-order chi connectivity index (χ0) is 19.4. The molecule has 8 heteroatoms. The average molecular weight is 438 g/mol. The maximum absolute atomic E-state index is 13.6. The molecule has 140 valence electrons. The summed E-state index contributed by atoms with van der Waals surface area (Å²) >= 11 is 3.33. The number of aromatic nitrogens is 2. The van der Waals surface area contributed by atoms with Gasteiger partial charge in [0.2, 0.25) is 0 Å². The molecule has 0 fully saturated rings. The summed E-state index contributed by atoms with van der Waals surface area (Å²) in [5, 5.41) is 6.32. The highest BCUT2D eigenvalue weighted by Gasteiger charge is 2.40. The lowest BCUT2D eigenvalue weighted by Crippen LogP contribution is -2.28. The summed E-state index contributed by atoms with van der Waals surface area (Å²) in [6.07, 6.45) is -3.26. The van der Waals surface area contributed by atoms with Crippen molar-refractivity contribution >= 4 is 21.8 Å². The van der Waals surface area contributed by atoms with Crippen molar-refractivity contribution < 1.29 is 18.0 Å². The molecule has 0 bridgehead atoms. The molecule has 27 heavy (non-hydrogen) atoms. The van der Waals surface area contributed by atoms with Crippen molar-refractivity contribution in [3.63, 3.8) is 0 Å². The highest BCUT2D eigenvalue weighted by atomic mass is 79.9. The fourth-order valence-corrected chi connectivity index (χ4v) is 2.88. The van der Waals surface area contributed by atoms with E-state index >= 15 is 0 Å². The molecule has 0 aliphatic heterocycles. The third-order valence-electron chi connectivity index (χ3n) is 3.90. The zero-order valence-electron chi connectivity index (χ0n) is 14.0. The zero-order valence-corrected chi connectivity index (χ0v) is 15.6. The van der Waals surface area contributed by atoms with Crippen molar-refractivity contribution in [2.45, 2.75) is 12.6 Å². The van der Waals surface area contributed by atoms with Crippen molar-refractivity contribution in [2.75, 3.05) is 6.54 Å². The molecule has 0 aliphatic carbocycles. The van der Waals surface area contributed by atoms with Gasteiger partial charge in [-0.15, -0.1) is 0 Å². The SMILES string of the molecule is O=C(NCCc1ccc(Br)cc1)c1cnn(-c2ccccc2)c1C(F)(F)F. The molecule has 4 nitrogen and oxygen atoms in total. The Bertz CT molecular complexity index is 922. The van der Waals surface area contributed by atoms with Crippen LogP contribution in [0.3, 0.4) is 0 Å². The Balaban J connectivity index is 1.78. The Kier molecular flexibility index (Phi) is 5.65. The number of carbonyl (C=O) groups is 1. The number of amides is 1. The lowest BCUT2D eigenvalue weighted by molar-refractivity contribution is -0.143. The first-order valence-electron chi connectivity index (χ1n) is 8.09. The Labute approximate surface area is 162 Å². The smallest absolute Gasteiger partial charge is 0.352 e. The van der Waals surface area contributed by atoms with Crippen LogP contribution in [0.1, 0.15) is 21.6 Å². The second-order valence-corrected chi connectivity index (χ2v) is 6.70. The number of para-hydroxylation sites is 1. The molecule has 0 atom stereocenters. The van der Waals surface area contributed by atoms with Gasteiger partial charge in [0, 0.05) is 11.0 Å². The topological polar surface area (TPSA) is 46.9 Å². The van der Waals surface area contributed by atoms with E-state index in [4.69, 9.17) is 0 Å². The summed E-state index contributed by atoms with van der Waals surface area (Å²) < 4.78 is 42.4. The van der Waals surface area contributed by atoms with Gasteiger partial charge in [0.15, 0.2) is 5.69 Å². The molecule has 0 saturated heterocycles. The van der Waals surface area contributed by atoms with Crippen LogP contribution in [0.25, 0.3) is 5.69 Å².